The first kappa shape index (κ1) is 23.4. The number of hydrogen-bond donors (Lipinski definition) is 3. The van der Waals surface area contributed by atoms with Crippen LogP contribution in [0.1, 0.15) is 34.7 Å². The third-order valence-electron chi connectivity index (χ3n) is 5.83. The van der Waals surface area contributed by atoms with Crippen molar-refractivity contribution < 1.29 is 19.4 Å². The summed E-state index contributed by atoms with van der Waals surface area (Å²) >= 11 is 0. The summed E-state index contributed by atoms with van der Waals surface area (Å²) in [7, 11) is 0. The molecule has 34 heavy (non-hydrogen) atoms. The number of para-hydroxylation sites is 1. The van der Waals surface area contributed by atoms with Crippen LogP contribution in [-0.2, 0) is 13.1 Å². The van der Waals surface area contributed by atoms with Gasteiger partial charge in [-0.05, 0) is 55.8 Å². The molecule has 3 N–H and O–H groups in total. The van der Waals surface area contributed by atoms with Gasteiger partial charge < -0.3 is 25.3 Å². The Morgan fingerprint density at radius 3 is 2.44 bits per heavy atom. The van der Waals surface area contributed by atoms with Crippen LogP contribution in [0.4, 0.5) is 10.1 Å². The van der Waals surface area contributed by atoms with E-state index in [1.165, 1.54) is 25.0 Å². The zero-order valence-corrected chi connectivity index (χ0v) is 18.8. The molecule has 0 radical (unpaired) electrons. The molecule has 3 aromatic rings. The number of nitrogens with one attached hydrogen (secondary N) is 1. The standard InChI is InChI=1S/C25H28FN5O3/c26-19-10-8-18(9-11-19)16-27-24(33)22-23(32)25(34)29-21(28-22)17-31(20-6-2-1-3-7-20)15-14-30-12-4-5-13-30/h1-3,6-11,32H,4-5,12-17H2,(H,27,33)(H,28,29,34). The average molecular weight is 466 g/mol. The topological polar surface area (TPSA) is 102 Å². The van der Waals surface area contributed by atoms with Gasteiger partial charge in [0, 0.05) is 25.3 Å². The van der Waals surface area contributed by atoms with Crippen molar-refractivity contribution in [1.29, 1.82) is 0 Å². The van der Waals surface area contributed by atoms with Crippen LogP contribution in [0.15, 0.2) is 54.6 Å². The Labute approximate surface area is 197 Å². The normalized spacial score (nSPS) is 13.7. The maximum Gasteiger partial charge on any atom is 0.274 e. The Hall–Kier alpha value is -3.72. The highest BCUT2D eigenvalue weighted by Crippen LogP contribution is 2.26. The summed E-state index contributed by atoms with van der Waals surface area (Å²) in [5.41, 5.74) is 1.35. The predicted molar refractivity (Wildman–Crippen MR) is 126 cm³/mol. The van der Waals surface area contributed by atoms with Gasteiger partial charge in [0.05, 0.1) is 6.54 Å². The first-order valence-electron chi connectivity index (χ1n) is 11.3. The van der Waals surface area contributed by atoms with Gasteiger partial charge >= 0.3 is 0 Å². The summed E-state index contributed by atoms with van der Waals surface area (Å²) in [4.78, 5) is 25.5. The van der Waals surface area contributed by atoms with Crippen molar-refractivity contribution >= 4 is 11.6 Å². The molecule has 178 valence electrons. The van der Waals surface area contributed by atoms with Gasteiger partial charge in [-0.15, -0.1) is 0 Å². The third kappa shape index (κ3) is 5.99. The number of aromatic hydroxyl groups is 2. The van der Waals surface area contributed by atoms with E-state index in [9.17, 15) is 19.4 Å². The fraction of sp³-hybridized carbons (Fsp3) is 0.320. The minimum Gasteiger partial charge on any atom is -0.501 e. The number of benzene rings is 2. The molecule has 8 nitrogen and oxygen atoms in total. The molecule has 0 saturated carbocycles. The van der Waals surface area contributed by atoms with Crippen LogP contribution in [-0.4, -0.2) is 57.2 Å². The Bertz CT molecular complexity index is 1110. The maximum absolute atomic E-state index is 13.1. The second-order valence-corrected chi connectivity index (χ2v) is 8.28. The number of halogens is 1. The van der Waals surface area contributed by atoms with Gasteiger partial charge in [0.2, 0.25) is 5.75 Å². The zero-order chi connectivity index (χ0) is 23.9. The van der Waals surface area contributed by atoms with Crippen molar-refractivity contribution in [3.63, 3.8) is 0 Å². The summed E-state index contributed by atoms with van der Waals surface area (Å²) in [6.07, 6.45) is 2.41. The predicted octanol–water partition coefficient (Wildman–Crippen LogP) is 3.06. The quantitative estimate of drug-likeness (QED) is 0.446. The van der Waals surface area contributed by atoms with Crippen LogP contribution in [0.5, 0.6) is 11.6 Å². The van der Waals surface area contributed by atoms with E-state index in [1.54, 1.807) is 12.1 Å². The fourth-order valence-corrected chi connectivity index (χ4v) is 3.96. The highest BCUT2D eigenvalue weighted by molar-refractivity contribution is 5.95. The summed E-state index contributed by atoms with van der Waals surface area (Å²) in [6, 6.07) is 15.5. The fourth-order valence-electron chi connectivity index (χ4n) is 3.96. The van der Waals surface area contributed by atoms with E-state index in [-0.39, 0.29) is 30.4 Å². The second-order valence-electron chi connectivity index (χ2n) is 8.28. The minimum atomic E-state index is -0.677. The van der Waals surface area contributed by atoms with E-state index in [4.69, 9.17) is 0 Å². The van der Waals surface area contributed by atoms with Gasteiger partial charge in [0.25, 0.3) is 11.8 Å². The van der Waals surface area contributed by atoms with E-state index in [0.29, 0.717) is 5.56 Å². The van der Waals surface area contributed by atoms with Crippen LogP contribution in [0.25, 0.3) is 0 Å². The van der Waals surface area contributed by atoms with Crippen molar-refractivity contribution in [2.45, 2.75) is 25.9 Å². The average Bonchev–Trinajstić information content (AvgIpc) is 3.37. The lowest BCUT2D eigenvalue weighted by Crippen LogP contribution is -2.34. The molecule has 1 amide bonds. The molecule has 0 bridgehead atoms. The Morgan fingerprint density at radius 2 is 1.74 bits per heavy atom. The molecule has 1 aliphatic rings. The zero-order valence-electron chi connectivity index (χ0n) is 18.8. The maximum atomic E-state index is 13.1. The molecular formula is C25H28FN5O3. The molecule has 0 unspecified atom stereocenters. The minimum absolute atomic E-state index is 0.116. The van der Waals surface area contributed by atoms with Crippen LogP contribution in [0, 0.1) is 5.82 Å². The highest BCUT2D eigenvalue weighted by Gasteiger charge is 2.21. The molecule has 1 fully saturated rings. The van der Waals surface area contributed by atoms with E-state index in [0.717, 1.165) is 31.9 Å². The molecule has 1 aliphatic heterocycles. The molecule has 1 aromatic heterocycles. The number of carbonyl (C=O) groups excluding carboxylic acids is 1. The van der Waals surface area contributed by atoms with Gasteiger partial charge in [-0.25, -0.2) is 9.37 Å². The molecule has 2 heterocycles. The van der Waals surface area contributed by atoms with Crippen LogP contribution in [0.3, 0.4) is 0 Å². The SMILES string of the molecule is O=C(NCc1ccc(F)cc1)c1nc(CN(CCN2CCCC2)c2ccccc2)nc(O)c1O. The summed E-state index contributed by atoms with van der Waals surface area (Å²) in [5.74, 6) is -2.14. The number of amides is 1. The number of nitrogens with zero attached hydrogens (tertiary/aromatic N) is 4. The molecule has 2 aromatic carbocycles. The number of rotatable bonds is 9. The van der Waals surface area contributed by atoms with Crippen molar-refractivity contribution in [3.05, 3.63) is 77.5 Å². The Morgan fingerprint density at radius 1 is 1.03 bits per heavy atom. The smallest absolute Gasteiger partial charge is 0.274 e. The molecule has 4 rings (SSSR count). The first-order chi connectivity index (χ1) is 16.5. The summed E-state index contributed by atoms with van der Waals surface area (Å²) in [6.45, 7) is 4.13. The molecule has 9 heteroatoms. The lowest BCUT2D eigenvalue weighted by atomic mass is 10.2. The van der Waals surface area contributed by atoms with Crippen LogP contribution >= 0.6 is 0 Å². The summed E-state index contributed by atoms with van der Waals surface area (Å²) < 4.78 is 13.1. The van der Waals surface area contributed by atoms with E-state index >= 15 is 0 Å². The van der Waals surface area contributed by atoms with Crippen molar-refractivity contribution in [2.75, 3.05) is 31.1 Å². The van der Waals surface area contributed by atoms with Gasteiger partial charge in [-0.1, -0.05) is 30.3 Å². The van der Waals surface area contributed by atoms with Crippen LogP contribution in [0.2, 0.25) is 0 Å². The number of likely N-dealkylation sites (tertiary alicyclic amines) is 1. The molecule has 0 aliphatic carbocycles. The number of carbonyl (C=O) groups is 1. The lowest BCUT2D eigenvalue weighted by Gasteiger charge is -2.27. The monoisotopic (exact) mass is 465 g/mol. The largest absolute Gasteiger partial charge is 0.501 e. The van der Waals surface area contributed by atoms with Crippen molar-refractivity contribution in [2.24, 2.45) is 0 Å². The Balaban J connectivity index is 1.50. The second kappa shape index (κ2) is 10.9. The van der Waals surface area contributed by atoms with Crippen molar-refractivity contribution in [1.82, 2.24) is 20.2 Å². The number of anilines is 1. The van der Waals surface area contributed by atoms with E-state index in [2.05, 4.69) is 25.1 Å². The number of hydrogen-bond acceptors (Lipinski definition) is 7. The highest BCUT2D eigenvalue weighted by atomic mass is 19.1. The Kier molecular flexibility index (Phi) is 7.54. The molecule has 0 spiro atoms. The summed E-state index contributed by atoms with van der Waals surface area (Å²) in [5, 5.41) is 23.0. The van der Waals surface area contributed by atoms with E-state index in [1.807, 2.05) is 30.3 Å². The lowest BCUT2D eigenvalue weighted by molar-refractivity contribution is 0.0941. The van der Waals surface area contributed by atoms with Crippen molar-refractivity contribution in [3.8, 4) is 11.6 Å². The van der Waals surface area contributed by atoms with Gasteiger partial charge in [-0.3, -0.25) is 4.79 Å². The van der Waals surface area contributed by atoms with Crippen LogP contribution < -0.4 is 10.2 Å². The van der Waals surface area contributed by atoms with E-state index < -0.39 is 17.5 Å². The molecular weight excluding hydrogens is 437 g/mol. The third-order valence-corrected chi connectivity index (χ3v) is 5.83. The molecule has 1 saturated heterocycles. The van der Waals surface area contributed by atoms with Gasteiger partial charge in [0.15, 0.2) is 11.5 Å². The molecule has 0 atom stereocenters. The van der Waals surface area contributed by atoms with Gasteiger partial charge in [0.1, 0.15) is 5.82 Å². The van der Waals surface area contributed by atoms with Gasteiger partial charge in [-0.2, -0.15) is 4.98 Å². The first-order valence-corrected chi connectivity index (χ1v) is 11.3. The number of aromatic nitrogens is 2.